The molecule has 1 amide bonds. The summed E-state index contributed by atoms with van der Waals surface area (Å²) in [5.74, 6) is 0.669. The van der Waals surface area contributed by atoms with Gasteiger partial charge in [0.25, 0.3) is 0 Å². The summed E-state index contributed by atoms with van der Waals surface area (Å²) in [6.45, 7) is 3.36. The molecule has 172 valence electrons. The van der Waals surface area contributed by atoms with Crippen LogP contribution in [-0.2, 0) is 24.3 Å². The lowest BCUT2D eigenvalue weighted by atomic mass is 9.79. The molecule has 0 bridgehead atoms. The summed E-state index contributed by atoms with van der Waals surface area (Å²) >= 11 is 0. The fraction of sp³-hybridized carbons (Fsp3) is 0.208. The first kappa shape index (κ1) is 22.1. The van der Waals surface area contributed by atoms with Gasteiger partial charge in [-0.3, -0.25) is 9.36 Å². The Bertz CT molecular complexity index is 1400. The zero-order valence-electron chi connectivity index (χ0n) is 18.7. The molecule has 10 heteroatoms. The van der Waals surface area contributed by atoms with Crippen LogP contribution in [0.2, 0.25) is 0 Å². The predicted molar refractivity (Wildman–Crippen MR) is 129 cm³/mol. The fourth-order valence-electron chi connectivity index (χ4n) is 4.36. The first-order valence-electron chi connectivity index (χ1n) is 11.0. The number of amides is 1. The van der Waals surface area contributed by atoms with Gasteiger partial charge in [-0.1, -0.05) is 30.3 Å². The summed E-state index contributed by atoms with van der Waals surface area (Å²) in [5, 5.41) is 23.1. The average Bonchev–Trinajstić information content (AvgIpc) is 3.18. The third-order valence-corrected chi connectivity index (χ3v) is 6.02. The van der Waals surface area contributed by atoms with Crippen molar-refractivity contribution in [1.82, 2.24) is 14.5 Å². The van der Waals surface area contributed by atoms with Crippen LogP contribution < -0.4 is 16.5 Å². The number of aromatic nitrogens is 3. The van der Waals surface area contributed by atoms with Gasteiger partial charge in [0.15, 0.2) is 0 Å². The van der Waals surface area contributed by atoms with E-state index >= 15 is 0 Å². The van der Waals surface area contributed by atoms with Crippen LogP contribution in [-0.4, -0.2) is 44.2 Å². The Balaban J connectivity index is 1.57. The second-order valence-corrected chi connectivity index (χ2v) is 8.30. The van der Waals surface area contributed by atoms with Crippen molar-refractivity contribution in [3.05, 3.63) is 76.6 Å². The molecule has 4 aromatic rings. The summed E-state index contributed by atoms with van der Waals surface area (Å²) < 4.78 is 7.58. The molecular weight excluding hydrogens is 433 g/mol. The number of nitrogens with one attached hydrogen (secondary N) is 1. The first-order chi connectivity index (χ1) is 16.4. The number of nitrogens with zero attached hydrogens (tertiary/aromatic N) is 3. The van der Waals surface area contributed by atoms with E-state index < -0.39 is 13.0 Å². The minimum atomic E-state index is -1.53. The Kier molecular flexibility index (Phi) is 5.78. The highest BCUT2D eigenvalue weighted by Gasteiger charge is 2.21. The number of ether oxygens (including phenoxy) is 1. The topological polar surface area (TPSA) is 136 Å². The standard InChI is InChI=1S/C24H24BN5O4/c1-14-10-18-17(22(26)31)6-3-7-21(18)30(14)24-28-20-8-9-34-13-19(20)23(29-24)27-12-15-4-2-5-16(11-15)25(32)33/h2-7,10-11,32-33H,8-9,12-13H2,1H3,(H2,26,31)(H,27,28,29). The summed E-state index contributed by atoms with van der Waals surface area (Å²) in [7, 11) is -1.53. The number of nitrogens with two attached hydrogens (primary N) is 1. The second-order valence-electron chi connectivity index (χ2n) is 8.30. The third-order valence-electron chi connectivity index (χ3n) is 6.02. The molecule has 0 unspecified atom stereocenters. The van der Waals surface area contributed by atoms with E-state index in [1.165, 1.54) is 0 Å². The molecule has 0 saturated carbocycles. The van der Waals surface area contributed by atoms with E-state index in [9.17, 15) is 14.8 Å². The monoisotopic (exact) mass is 457 g/mol. The van der Waals surface area contributed by atoms with E-state index in [1.54, 1.807) is 30.3 Å². The van der Waals surface area contributed by atoms with Crippen LogP contribution in [0.1, 0.15) is 32.9 Å². The zero-order valence-corrected chi connectivity index (χ0v) is 18.7. The molecule has 1 aliphatic rings. The number of hydrogen-bond donors (Lipinski definition) is 4. The maximum absolute atomic E-state index is 11.9. The van der Waals surface area contributed by atoms with Crippen molar-refractivity contribution in [2.24, 2.45) is 5.73 Å². The molecule has 1 aliphatic heterocycles. The van der Waals surface area contributed by atoms with Crippen LogP contribution in [0.5, 0.6) is 0 Å². The Morgan fingerprint density at radius 1 is 1.21 bits per heavy atom. The van der Waals surface area contributed by atoms with Gasteiger partial charge in [-0.15, -0.1) is 0 Å². The maximum Gasteiger partial charge on any atom is 0.488 e. The van der Waals surface area contributed by atoms with E-state index in [4.69, 9.17) is 20.4 Å². The van der Waals surface area contributed by atoms with Gasteiger partial charge in [0, 0.05) is 35.2 Å². The van der Waals surface area contributed by atoms with Crippen LogP contribution in [0.15, 0.2) is 48.5 Å². The Hall–Kier alpha value is -3.73. The van der Waals surface area contributed by atoms with Crippen molar-refractivity contribution in [1.29, 1.82) is 0 Å². The van der Waals surface area contributed by atoms with Crippen LogP contribution in [0, 0.1) is 6.92 Å². The van der Waals surface area contributed by atoms with Crippen molar-refractivity contribution < 1.29 is 19.6 Å². The number of hydrogen-bond acceptors (Lipinski definition) is 7. The highest BCUT2D eigenvalue weighted by molar-refractivity contribution is 6.58. The van der Waals surface area contributed by atoms with Crippen molar-refractivity contribution in [3.8, 4) is 5.95 Å². The van der Waals surface area contributed by atoms with Crippen molar-refractivity contribution in [3.63, 3.8) is 0 Å². The number of benzene rings is 2. The minimum absolute atomic E-state index is 0.407. The van der Waals surface area contributed by atoms with Gasteiger partial charge < -0.3 is 25.8 Å². The van der Waals surface area contributed by atoms with Gasteiger partial charge in [0.05, 0.1) is 24.4 Å². The predicted octanol–water partition coefficient (Wildman–Crippen LogP) is 1.19. The fourth-order valence-corrected chi connectivity index (χ4v) is 4.36. The molecule has 9 nitrogen and oxygen atoms in total. The summed E-state index contributed by atoms with van der Waals surface area (Å²) in [6, 6.07) is 14.4. The van der Waals surface area contributed by atoms with E-state index in [-0.39, 0.29) is 0 Å². The molecule has 0 saturated heterocycles. The lowest BCUT2D eigenvalue weighted by Crippen LogP contribution is -2.30. The molecule has 34 heavy (non-hydrogen) atoms. The Labute approximate surface area is 196 Å². The number of carbonyl (C=O) groups is 1. The number of fused-ring (bicyclic) bond motifs is 2. The SMILES string of the molecule is Cc1cc2c(C(N)=O)cccc2n1-c1nc2c(c(NCc3cccc(B(O)O)c3)n1)COCC2. The number of primary amides is 1. The van der Waals surface area contributed by atoms with Gasteiger partial charge in [-0.05, 0) is 36.1 Å². The molecular formula is C24H24BN5O4. The van der Waals surface area contributed by atoms with Gasteiger partial charge >= 0.3 is 7.12 Å². The third kappa shape index (κ3) is 4.03. The molecule has 5 rings (SSSR count). The molecule has 0 atom stereocenters. The van der Waals surface area contributed by atoms with Crippen molar-refractivity contribution in [2.75, 3.05) is 11.9 Å². The molecule has 0 aliphatic carbocycles. The molecule has 2 aromatic carbocycles. The van der Waals surface area contributed by atoms with Crippen molar-refractivity contribution in [2.45, 2.75) is 26.5 Å². The Morgan fingerprint density at radius 2 is 2.03 bits per heavy atom. The van der Waals surface area contributed by atoms with Crippen LogP contribution >= 0.6 is 0 Å². The maximum atomic E-state index is 11.9. The smallest absolute Gasteiger partial charge is 0.423 e. The quantitative estimate of drug-likeness (QED) is 0.320. The average molecular weight is 457 g/mol. The van der Waals surface area contributed by atoms with Gasteiger partial charge in [-0.25, -0.2) is 4.98 Å². The van der Waals surface area contributed by atoms with E-state index in [2.05, 4.69) is 5.32 Å². The number of rotatable bonds is 6. The summed E-state index contributed by atoms with van der Waals surface area (Å²) in [5.41, 5.74) is 10.8. The Morgan fingerprint density at radius 3 is 2.82 bits per heavy atom. The zero-order chi connectivity index (χ0) is 23.8. The largest absolute Gasteiger partial charge is 0.488 e. The molecule has 5 N–H and O–H groups in total. The van der Waals surface area contributed by atoms with Gasteiger partial charge in [0.2, 0.25) is 11.9 Å². The number of anilines is 1. The minimum Gasteiger partial charge on any atom is -0.423 e. The lowest BCUT2D eigenvalue weighted by molar-refractivity contribution is 0.100. The molecule has 3 heterocycles. The van der Waals surface area contributed by atoms with E-state index in [0.717, 1.165) is 33.4 Å². The number of carbonyl (C=O) groups excluding carboxylic acids is 1. The van der Waals surface area contributed by atoms with Crippen molar-refractivity contribution >= 4 is 35.2 Å². The highest BCUT2D eigenvalue weighted by Crippen LogP contribution is 2.29. The number of aryl methyl sites for hydroxylation is 1. The summed E-state index contributed by atoms with van der Waals surface area (Å²) in [6.07, 6.45) is 0.663. The normalized spacial score (nSPS) is 13.0. The molecule has 0 fully saturated rings. The molecule has 0 spiro atoms. The second kappa shape index (κ2) is 8.90. The van der Waals surface area contributed by atoms with Crippen LogP contribution in [0.4, 0.5) is 5.82 Å². The van der Waals surface area contributed by atoms with E-state index in [1.807, 2.05) is 29.7 Å². The lowest BCUT2D eigenvalue weighted by Gasteiger charge is -2.21. The van der Waals surface area contributed by atoms with E-state index in [0.29, 0.717) is 49.0 Å². The summed E-state index contributed by atoms with van der Waals surface area (Å²) in [4.78, 5) is 21.6. The van der Waals surface area contributed by atoms with Gasteiger partial charge in [0.1, 0.15) is 5.82 Å². The first-order valence-corrected chi connectivity index (χ1v) is 11.0. The van der Waals surface area contributed by atoms with Crippen LogP contribution in [0.25, 0.3) is 16.9 Å². The van der Waals surface area contributed by atoms with Crippen LogP contribution in [0.3, 0.4) is 0 Å². The highest BCUT2D eigenvalue weighted by atomic mass is 16.5. The molecule has 0 radical (unpaired) electrons. The van der Waals surface area contributed by atoms with Gasteiger partial charge in [-0.2, -0.15) is 4.98 Å². The molecule has 2 aromatic heterocycles.